The SMILES string of the molecule is CC(O)c1ccc(N(CC2CC2)C(C)C)cn1. The van der Waals surface area contributed by atoms with E-state index in [-0.39, 0.29) is 0 Å². The fourth-order valence-electron chi connectivity index (χ4n) is 2.01. The van der Waals surface area contributed by atoms with Gasteiger partial charge in [0.2, 0.25) is 0 Å². The number of pyridine rings is 1. The minimum atomic E-state index is -0.486. The minimum Gasteiger partial charge on any atom is -0.387 e. The van der Waals surface area contributed by atoms with E-state index < -0.39 is 6.10 Å². The third-order valence-electron chi connectivity index (χ3n) is 3.31. The Morgan fingerprint density at radius 2 is 2.06 bits per heavy atom. The Bertz CT molecular complexity index is 355. The molecule has 1 aromatic heterocycles. The highest BCUT2D eigenvalue weighted by atomic mass is 16.3. The summed E-state index contributed by atoms with van der Waals surface area (Å²) in [5.41, 5.74) is 1.90. The molecule has 0 bridgehead atoms. The zero-order valence-corrected chi connectivity index (χ0v) is 10.9. The molecule has 17 heavy (non-hydrogen) atoms. The second-order valence-electron chi connectivity index (χ2n) is 5.31. The second-order valence-corrected chi connectivity index (χ2v) is 5.31. The highest BCUT2D eigenvalue weighted by Crippen LogP contribution is 2.32. The summed E-state index contributed by atoms with van der Waals surface area (Å²) in [7, 11) is 0. The van der Waals surface area contributed by atoms with Crippen molar-refractivity contribution >= 4 is 5.69 Å². The van der Waals surface area contributed by atoms with E-state index in [0.717, 1.165) is 23.8 Å². The van der Waals surface area contributed by atoms with Crippen LogP contribution < -0.4 is 4.90 Å². The van der Waals surface area contributed by atoms with E-state index >= 15 is 0 Å². The minimum absolute atomic E-state index is 0.486. The molecule has 0 saturated heterocycles. The number of aromatic nitrogens is 1. The van der Waals surface area contributed by atoms with E-state index in [1.807, 2.05) is 12.3 Å². The summed E-state index contributed by atoms with van der Waals surface area (Å²) < 4.78 is 0. The zero-order chi connectivity index (χ0) is 12.4. The lowest BCUT2D eigenvalue weighted by molar-refractivity contribution is 0.194. The Balaban J connectivity index is 2.11. The van der Waals surface area contributed by atoms with Crippen molar-refractivity contribution in [2.75, 3.05) is 11.4 Å². The normalized spacial score (nSPS) is 17.2. The zero-order valence-electron chi connectivity index (χ0n) is 10.9. The molecule has 1 N–H and O–H groups in total. The molecule has 94 valence electrons. The molecule has 0 spiro atoms. The van der Waals surface area contributed by atoms with Crippen molar-refractivity contribution in [3.63, 3.8) is 0 Å². The number of anilines is 1. The molecule has 1 aliphatic carbocycles. The first-order valence-electron chi connectivity index (χ1n) is 6.48. The summed E-state index contributed by atoms with van der Waals surface area (Å²) >= 11 is 0. The highest BCUT2D eigenvalue weighted by Gasteiger charge is 2.25. The van der Waals surface area contributed by atoms with E-state index in [1.165, 1.54) is 12.8 Å². The molecule has 3 heteroatoms. The molecule has 0 aromatic carbocycles. The van der Waals surface area contributed by atoms with Gasteiger partial charge in [-0.2, -0.15) is 0 Å². The first kappa shape index (κ1) is 12.4. The predicted octanol–water partition coefficient (Wildman–Crippen LogP) is 2.76. The number of aliphatic hydroxyl groups is 1. The summed E-state index contributed by atoms with van der Waals surface area (Å²) in [6.45, 7) is 7.30. The first-order valence-corrected chi connectivity index (χ1v) is 6.48. The van der Waals surface area contributed by atoms with Crippen LogP contribution in [0.2, 0.25) is 0 Å². The van der Waals surface area contributed by atoms with E-state index in [9.17, 15) is 5.11 Å². The molecule has 0 aliphatic heterocycles. The maximum absolute atomic E-state index is 9.44. The van der Waals surface area contributed by atoms with E-state index in [4.69, 9.17) is 0 Å². The van der Waals surface area contributed by atoms with Gasteiger partial charge in [0.25, 0.3) is 0 Å². The number of aliphatic hydroxyl groups excluding tert-OH is 1. The van der Waals surface area contributed by atoms with Crippen LogP contribution in [0.4, 0.5) is 5.69 Å². The lowest BCUT2D eigenvalue weighted by Crippen LogP contribution is -2.32. The number of hydrogen-bond acceptors (Lipinski definition) is 3. The third kappa shape index (κ3) is 3.19. The Hall–Kier alpha value is -1.09. The molecule has 1 aliphatic rings. The monoisotopic (exact) mass is 234 g/mol. The van der Waals surface area contributed by atoms with E-state index in [1.54, 1.807) is 6.92 Å². The predicted molar refractivity (Wildman–Crippen MR) is 70.1 cm³/mol. The van der Waals surface area contributed by atoms with Crippen LogP contribution >= 0.6 is 0 Å². The van der Waals surface area contributed by atoms with Gasteiger partial charge in [-0.3, -0.25) is 4.98 Å². The smallest absolute Gasteiger partial charge is 0.0931 e. The van der Waals surface area contributed by atoms with Gasteiger partial charge in [0, 0.05) is 12.6 Å². The van der Waals surface area contributed by atoms with Crippen LogP contribution in [0.3, 0.4) is 0 Å². The number of hydrogen-bond donors (Lipinski definition) is 1. The molecule has 1 heterocycles. The van der Waals surface area contributed by atoms with Crippen LogP contribution in [0.15, 0.2) is 18.3 Å². The lowest BCUT2D eigenvalue weighted by atomic mass is 10.2. The summed E-state index contributed by atoms with van der Waals surface area (Å²) in [6.07, 6.45) is 4.12. The van der Waals surface area contributed by atoms with Crippen LogP contribution in [-0.4, -0.2) is 22.7 Å². The Labute approximate surface area is 103 Å². The van der Waals surface area contributed by atoms with Crippen LogP contribution in [-0.2, 0) is 0 Å². The van der Waals surface area contributed by atoms with Gasteiger partial charge >= 0.3 is 0 Å². The van der Waals surface area contributed by atoms with Gasteiger partial charge < -0.3 is 10.0 Å². The molecular formula is C14H22N2O. The topological polar surface area (TPSA) is 36.4 Å². The maximum Gasteiger partial charge on any atom is 0.0931 e. The van der Waals surface area contributed by atoms with Crippen molar-refractivity contribution in [1.82, 2.24) is 4.98 Å². The van der Waals surface area contributed by atoms with E-state index in [0.29, 0.717) is 6.04 Å². The molecule has 0 radical (unpaired) electrons. The van der Waals surface area contributed by atoms with Crippen LogP contribution in [0, 0.1) is 5.92 Å². The van der Waals surface area contributed by atoms with Crippen LogP contribution in [0.5, 0.6) is 0 Å². The van der Waals surface area contributed by atoms with Gasteiger partial charge in [0.05, 0.1) is 23.7 Å². The van der Waals surface area contributed by atoms with Crippen LogP contribution in [0.25, 0.3) is 0 Å². The fourth-order valence-corrected chi connectivity index (χ4v) is 2.01. The summed E-state index contributed by atoms with van der Waals surface area (Å²) in [6, 6.07) is 4.48. The summed E-state index contributed by atoms with van der Waals surface area (Å²) in [4.78, 5) is 6.72. The third-order valence-corrected chi connectivity index (χ3v) is 3.31. The molecule has 3 nitrogen and oxygen atoms in total. The lowest BCUT2D eigenvalue weighted by Gasteiger charge is -2.29. The van der Waals surface area contributed by atoms with E-state index in [2.05, 4.69) is 29.8 Å². The molecule has 1 atom stereocenters. The summed E-state index contributed by atoms with van der Waals surface area (Å²) in [5, 5.41) is 9.44. The van der Waals surface area contributed by atoms with Gasteiger partial charge in [0.15, 0.2) is 0 Å². The fraction of sp³-hybridized carbons (Fsp3) is 0.643. The first-order chi connectivity index (χ1) is 8.08. The molecule has 1 fully saturated rings. The van der Waals surface area contributed by atoms with Crippen molar-refractivity contribution < 1.29 is 5.11 Å². The molecular weight excluding hydrogens is 212 g/mol. The van der Waals surface area contributed by atoms with Gasteiger partial charge in [0.1, 0.15) is 0 Å². The summed E-state index contributed by atoms with van der Waals surface area (Å²) in [5.74, 6) is 0.869. The Morgan fingerprint density at radius 1 is 1.35 bits per heavy atom. The van der Waals surface area contributed by atoms with Crippen molar-refractivity contribution in [2.45, 2.75) is 45.8 Å². The maximum atomic E-state index is 9.44. The highest BCUT2D eigenvalue weighted by molar-refractivity contribution is 5.45. The molecule has 1 unspecified atom stereocenters. The number of rotatable bonds is 5. The van der Waals surface area contributed by atoms with Crippen LogP contribution in [0.1, 0.15) is 45.4 Å². The van der Waals surface area contributed by atoms with Crippen molar-refractivity contribution in [3.05, 3.63) is 24.0 Å². The van der Waals surface area contributed by atoms with Gasteiger partial charge in [-0.15, -0.1) is 0 Å². The average molecular weight is 234 g/mol. The largest absolute Gasteiger partial charge is 0.387 e. The molecule has 1 saturated carbocycles. The Morgan fingerprint density at radius 3 is 2.47 bits per heavy atom. The average Bonchev–Trinajstić information content (AvgIpc) is 3.09. The number of nitrogens with zero attached hydrogens (tertiary/aromatic N) is 2. The molecule has 0 amide bonds. The standard InChI is InChI=1S/C14H22N2O/c1-10(2)16(9-12-4-5-12)13-6-7-14(11(3)17)15-8-13/h6-8,10-12,17H,4-5,9H2,1-3H3. The quantitative estimate of drug-likeness (QED) is 0.851. The van der Waals surface area contributed by atoms with Crippen molar-refractivity contribution in [2.24, 2.45) is 5.92 Å². The van der Waals surface area contributed by atoms with Gasteiger partial charge in [-0.05, 0) is 51.7 Å². The molecule has 2 rings (SSSR count). The van der Waals surface area contributed by atoms with Gasteiger partial charge in [-0.1, -0.05) is 0 Å². The van der Waals surface area contributed by atoms with Crippen molar-refractivity contribution in [1.29, 1.82) is 0 Å². The van der Waals surface area contributed by atoms with Gasteiger partial charge in [-0.25, -0.2) is 0 Å². The molecule has 1 aromatic rings. The second kappa shape index (κ2) is 5.05. The van der Waals surface area contributed by atoms with Crippen molar-refractivity contribution in [3.8, 4) is 0 Å². The Kier molecular flexibility index (Phi) is 3.67.